The van der Waals surface area contributed by atoms with Crippen LogP contribution >= 0.6 is 23.2 Å². The fourth-order valence-electron chi connectivity index (χ4n) is 1.52. The summed E-state index contributed by atoms with van der Waals surface area (Å²) in [5, 5.41) is 0.809. The molecule has 6 heteroatoms. The maximum atomic E-state index is 12.1. The lowest BCUT2D eigenvalue weighted by Gasteiger charge is -2.08. The SMILES string of the molecule is O=S(=O)(NCc1ccc(Cl)cc1)c1ccccc1Cl. The number of halogens is 2. The van der Waals surface area contributed by atoms with Crippen LogP contribution in [0, 0.1) is 0 Å². The van der Waals surface area contributed by atoms with Gasteiger partial charge in [-0.2, -0.15) is 0 Å². The molecule has 0 fully saturated rings. The molecule has 3 nitrogen and oxygen atoms in total. The predicted octanol–water partition coefficient (Wildman–Crippen LogP) is 3.47. The zero-order chi connectivity index (χ0) is 13.9. The Morgan fingerprint density at radius 1 is 0.947 bits per heavy atom. The molecule has 19 heavy (non-hydrogen) atoms. The summed E-state index contributed by atoms with van der Waals surface area (Å²) in [5.41, 5.74) is 0.819. The second-order valence-corrected chi connectivity index (χ2v) is 6.46. The van der Waals surface area contributed by atoms with Crippen LogP contribution in [0.5, 0.6) is 0 Å². The van der Waals surface area contributed by atoms with Crippen LogP contribution < -0.4 is 4.72 Å². The molecule has 2 aromatic carbocycles. The Morgan fingerprint density at radius 2 is 1.58 bits per heavy atom. The van der Waals surface area contributed by atoms with Crippen LogP contribution in [-0.4, -0.2) is 8.42 Å². The molecule has 0 aliphatic carbocycles. The van der Waals surface area contributed by atoms with E-state index in [9.17, 15) is 8.42 Å². The Bertz CT molecular complexity index is 669. The van der Waals surface area contributed by atoms with E-state index in [-0.39, 0.29) is 16.5 Å². The summed E-state index contributed by atoms with van der Waals surface area (Å²) in [6.45, 7) is 0.185. The molecule has 2 aromatic rings. The Kier molecular flexibility index (Phi) is 4.47. The van der Waals surface area contributed by atoms with Crippen LogP contribution in [0.1, 0.15) is 5.56 Å². The fraction of sp³-hybridized carbons (Fsp3) is 0.0769. The Labute approximate surface area is 122 Å². The summed E-state index contributed by atoms with van der Waals surface area (Å²) in [4.78, 5) is 0.0747. The molecular formula is C13H11Cl2NO2S. The third kappa shape index (κ3) is 3.70. The molecule has 2 rings (SSSR count). The first-order valence-corrected chi connectivity index (χ1v) is 7.71. The van der Waals surface area contributed by atoms with Crippen LogP contribution in [0.25, 0.3) is 0 Å². The highest BCUT2D eigenvalue weighted by molar-refractivity contribution is 7.89. The first kappa shape index (κ1) is 14.3. The average Bonchev–Trinajstić information content (AvgIpc) is 2.38. The van der Waals surface area contributed by atoms with Crippen molar-refractivity contribution in [2.75, 3.05) is 0 Å². The highest BCUT2D eigenvalue weighted by Crippen LogP contribution is 2.20. The third-order valence-electron chi connectivity index (χ3n) is 2.51. The van der Waals surface area contributed by atoms with Crippen molar-refractivity contribution < 1.29 is 8.42 Å². The second kappa shape index (κ2) is 5.92. The van der Waals surface area contributed by atoms with Gasteiger partial charge in [-0.3, -0.25) is 0 Å². The summed E-state index contributed by atoms with van der Waals surface area (Å²) in [6.07, 6.45) is 0. The topological polar surface area (TPSA) is 46.2 Å². The molecule has 0 unspecified atom stereocenters. The summed E-state index contributed by atoms with van der Waals surface area (Å²) in [6, 6.07) is 13.3. The van der Waals surface area contributed by atoms with Crippen molar-refractivity contribution >= 4 is 33.2 Å². The molecular weight excluding hydrogens is 305 g/mol. The van der Waals surface area contributed by atoms with Gasteiger partial charge >= 0.3 is 0 Å². The quantitative estimate of drug-likeness (QED) is 0.939. The van der Waals surface area contributed by atoms with Crippen molar-refractivity contribution in [1.29, 1.82) is 0 Å². The Hall–Kier alpha value is -1.07. The lowest BCUT2D eigenvalue weighted by molar-refractivity contribution is 0.581. The Balaban J connectivity index is 2.14. The van der Waals surface area contributed by atoms with E-state index in [0.717, 1.165) is 5.56 Å². The molecule has 0 aromatic heterocycles. The van der Waals surface area contributed by atoms with Crippen molar-refractivity contribution in [3.8, 4) is 0 Å². The van der Waals surface area contributed by atoms with Crippen molar-refractivity contribution in [2.45, 2.75) is 11.4 Å². The summed E-state index contributed by atoms with van der Waals surface area (Å²) in [7, 11) is -3.61. The van der Waals surface area contributed by atoms with Crippen molar-refractivity contribution in [2.24, 2.45) is 0 Å². The van der Waals surface area contributed by atoms with Gasteiger partial charge in [0, 0.05) is 11.6 Å². The molecule has 0 aliphatic rings. The van der Waals surface area contributed by atoms with E-state index in [1.807, 2.05) is 0 Å². The number of sulfonamides is 1. The van der Waals surface area contributed by atoms with E-state index >= 15 is 0 Å². The van der Waals surface area contributed by atoms with Gasteiger partial charge in [0.2, 0.25) is 10.0 Å². The summed E-state index contributed by atoms with van der Waals surface area (Å²) in [5.74, 6) is 0. The Morgan fingerprint density at radius 3 is 2.21 bits per heavy atom. The maximum Gasteiger partial charge on any atom is 0.242 e. The van der Waals surface area contributed by atoms with E-state index in [2.05, 4.69) is 4.72 Å². The molecule has 0 bridgehead atoms. The normalized spacial score (nSPS) is 11.5. The maximum absolute atomic E-state index is 12.1. The zero-order valence-corrected chi connectivity index (χ0v) is 12.1. The van der Waals surface area contributed by atoms with Crippen LogP contribution in [0.15, 0.2) is 53.4 Å². The van der Waals surface area contributed by atoms with Gasteiger partial charge in [0.1, 0.15) is 4.90 Å². The number of hydrogen-bond donors (Lipinski definition) is 1. The molecule has 0 saturated heterocycles. The lowest BCUT2D eigenvalue weighted by atomic mass is 10.2. The van der Waals surface area contributed by atoms with Gasteiger partial charge in [-0.25, -0.2) is 13.1 Å². The van der Waals surface area contributed by atoms with Gasteiger partial charge in [-0.1, -0.05) is 47.5 Å². The highest BCUT2D eigenvalue weighted by Gasteiger charge is 2.16. The van der Waals surface area contributed by atoms with E-state index in [0.29, 0.717) is 5.02 Å². The number of benzene rings is 2. The van der Waals surface area contributed by atoms with Crippen LogP contribution in [0.2, 0.25) is 10.0 Å². The van der Waals surface area contributed by atoms with Gasteiger partial charge < -0.3 is 0 Å². The van der Waals surface area contributed by atoms with Gasteiger partial charge in [0.05, 0.1) is 5.02 Å². The monoisotopic (exact) mass is 315 g/mol. The minimum Gasteiger partial charge on any atom is -0.207 e. The van der Waals surface area contributed by atoms with Gasteiger partial charge in [0.25, 0.3) is 0 Å². The first-order valence-electron chi connectivity index (χ1n) is 5.48. The fourth-order valence-corrected chi connectivity index (χ4v) is 3.18. The predicted molar refractivity (Wildman–Crippen MR) is 76.9 cm³/mol. The molecule has 0 spiro atoms. The first-order chi connectivity index (χ1) is 8.99. The molecule has 0 radical (unpaired) electrons. The molecule has 0 aliphatic heterocycles. The van der Waals surface area contributed by atoms with Crippen molar-refractivity contribution in [3.05, 3.63) is 64.1 Å². The minimum absolute atomic E-state index is 0.0747. The molecule has 0 heterocycles. The number of rotatable bonds is 4. The molecule has 1 N–H and O–H groups in total. The molecule has 0 atom stereocenters. The van der Waals surface area contributed by atoms with Crippen LogP contribution in [-0.2, 0) is 16.6 Å². The number of hydrogen-bond acceptors (Lipinski definition) is 2. The van der Waals surface area contributed by atoms with Gasteiger partial charge in [0.15, 0.2) is 0 Å². The number of nitrogens with one attached hydrogen (secondary N) is 1. The van der Waals surface area contributed by atoms with E-state index in [1.54, 1.807) is 42.5 Å². The molecule has 0 saturated carbocycles. The smallest absolute Gasteiger partial charge is 0.207 e. The van der Waals surface area contributed by atoms with E-state index in [4.69, 9.17) is 23.2 Å². The minimum atomic E-state index is -3.61. The second-order valence-electron chi connectivity index (χ2n) is 3.88. The van der Waals surface area contributed by atoms with Crippen LogP contribution in [0.4, 0.5) is 0 Å². The van der Waals surface area contributed by atoms with Gasteiger partial charge in [-0.05, 0) is 29.8 Å². The third-order valence-corrected chi connectivity index (χ3v) is 4.66. The summed E-state index contributed by atoms with van der Waals surface area (Å²) >= 11 is 11.6. The van der Waals surface area contributed by atoms with Crippen molar-refractivity contribution in [1.82, 2.24) is 4.72 Å². The lowest BCUT2D eigenvalue weighted by Crippen LogP contribution is -2.23. The zero-order valence-electron chi connectivity index (χ0n) is 9.81. The van der Waals surface area contributed by atoms with Crippen LogP contribution in [0.3, 0.4) is 0 Å². The van der Waals surface area contributed by atoms with E-state index in [1.165, 1.54) is 6.07 Å². The van der Waals surface area contributed by atoms with E-state index < -0.39 is 10.0 Å². The standard InChI is InChI=1S/C13H11Cl2NO2S/c14-11-7-5-10(6-8-11)9-16-19(17,18)13-4-2-1-3-12(13)15/h1-8,16H,9H2. The van der Waals surface area contributed by atoms with Gasteiger partial charge in [-0.15, -0.1) is 0 Å². The van der Waals surface area contributed by atoms with Crippen molar-refractivity contribution in [3.63, 3.8) is 0 Å². The largest absolute Gasteiger partial charge is 0.242 e. The summed E-state index contributed by atoms with van der Waals surface area (Å²) < 4.78 is 26.6. The highest BCUT2D eigenvalue weighted by atomic mass is 35.5. The molecule has 0 amide bonds. The molecule has 100 valence electrons. The average molecular weight is 316 g/mol.